The summed E-state index contributed by atoms with van der Waals surface area (Å²) in [5.41, 5.74) is -0.357. The van der Waals surface area contributed by atoms with Crippen molar-refractivity contribution >= 4 is 11.8 Å². The molecule has 13 heavy (non-hydrogen) atoms. The van der Waals surface area contributed by atoms with Crippen molar-refractivity contribution in [2.75, 3.05) is 0 Å². The molecule has 3 nitrogen and oxygen atoms in total. The second-order valence-electron chi connectivity index (χ2n) is 4.35. The van der Waals surface area contributed by atoms with Crippen LogP contribution in [0.3, 0.4) is 0 Å². The van der Waals surface area contributed by atoms with Crippen LogP contribution in [0.4, 0.5) is 0 Å². The third-order valence-electron chi connectivity index (χ3n) is 3.11. The first-order chi connectivity index (χ1) is 6.09. The van der Waals surface area contributed by atoms with Gasteiger partial charge in [0, 0.05) is 12.8 Å². The van der Waals surface area contributed by atoms with Gasteiger partial charge in [-0.1, -0.05) is 0 Å². The SMILES string of the molecule is CC12CCC(=O)CC(CC1)C(=O)O2. The van der Waals surface area contributed by atoms with Gasteiger partial charge in [0.2, 0.25) is 0 Å². The van der Waals surface area contributed by atoms with Crippen molar-refractivity contribution < 1.29 is 14.3 Å². The standard InChI is InChI=1S/C10H14O3/c1-10-4-2-7(9(12)13-10)6-8(11)3-5-10/h7H,2-6H2,1H3. The van der Waals surface area contributed by atoms with E-state index in [9.17, 15) is 9.59 Å². The van der Waals surface area contributed by atoms with E-state index >= 15 is 0 Å². The Hall–Kier alpha value is -0.860. The first-order valence-corrected chi connectivity index (χ1v) is 4.84. The van der Waals surface area contributed by atoms with Gasteiger partial charge in [-0.15, -0.1) is 0 Å². The lowest BCUT2D eigenvalue weighted by atomic mass is 9.80. The van der Waals surface area contributed by atoms with Gasteiger partial charge in [0.05, 0.1) is 5.92 Å². The molecular formula is C10H14O3. The van der Waals surface area contributed by atoms with E-state index in [0.717, 1.165) is 12.8 Å². The normalized spacial score (nSPS) is 39.6. The highest BCUT2D eigenvalue weighted by molar-refractivity contribution is 5.85. The second-order valence-corrected chi connectivity index (χ2v) is 4.35. The van der Waals surface area contributed by atoms with Crippen molar-refractivity contribution in [3.8, 4) is 0 Å². The molecule has 2 atom stereocenters. The molecule has 3 heteroatoms. The number of hydrogen-bond donors (Lipinski definition) is 0. The number of fused-ring (bicyclic) bond motifs is 5. The quantitative estimate of drug-likeness (QED) is 0.532. The van der Waals surface area contributed by atoms with Crippen molar-refractivity contribution in [3.63, 3.8) is 0 Å². The molecule has 0 N–H and O–H groups in total. The molecule has 0 amide bonds. The van der Waals surface area contributed by atoms with E-state index in [1.807, 2.05) is 6.92 Å². The molecule has 0 aromatic heterocycles. The van der Waals surface area contributed by atoms with E-state index in [0.29, 0.717) is 19.3 Å². The summed E-state index contributed by atoms with van der Waals surface area (Å²) in [6.07, 6.45) is 3.40. The van der Waals surface area contributed by atoms with Crippen LogP contribution in [0, 0.1) is 5.92 Å². The fourth-order valence-electron chi connectivity index (χ4n) is 2.12. The van der Waals surface area contributed by atoms with Gasteiger partial charge in [0.1, 0.15) is 11.4 Å². The van der Waals surface area contributed by atoms with Gasteiger partial charge in [-0.05, 0) is 26.2 Å². The number of ketones is 1. The Bertz CT molecular complexity index is 259. The summed E-state index contributed by atoms with van der Waals surface area (Å²) in [5.74, 6) is -0.102. The maximum atomic E-state index is 11.4. The minimum atomic E-state index is -0.357. The molecule has 0 aromatic rings. The van der Waals surface area contributed by atoms with E-state index in [2.05, 4.69) is 0 Å². The summed E-state index contributed by atoms with van der Waals surface area (Å²) in [4.78, 5) is 22.7. The fraction of sp³-hybridized carbons (Fsp3) is 0.800. The number of Topliss-reactive ketones (excluding diaryl/α,β-unsaturated/α-hetero) is 1. The number of carbonyl (C=O) groups excluding carboxylic acids is 2. The summed E-state index contributed by atoms with van der Waals surface area (Å²) in [6, 6.07) is 0. The van der Waals surface area contributed by atoms with Gasteiger partial charge >= 0.3 is 5.97 Å². The van der Waals surface area contributed by atoms with Crippen LogP contribution >= 0.6 is 0 Å². The molecule has 0 radical (unpaired) electrons. The zero-order valence-corrected chi connectivity index (χ0v) is 7.84. The van der Waals surface area contributed by atoms with Crippen LogP contribution in [-0.4, -0.2) is 17.4 Å². The van der Waals surface area contributed by atoms with E-state index in [1.54, 1.807) is 0 Å². The Morgan fingerprint density at radius 3 is 2.85 bits per heavy atom. The van der Waals surface area contributed by atoms with Crippen LogP contribution in [0.2, 0.25) is 0 Å². The predicted octanol–water partition coefficient (Wildman–Crippen LogP) is 1.45. The van der Waals surface area contributed by atoms with Crippen LogP contribution in [0.1, 0.15) is 39.0 Å². The summed E-state index contributed by atoms with van der Waals surface area (Å²) in [5, 5.41) is 0. The lowest BCUT2D eigenvalue weighted by Gasteiger charge is -2.38. The first kappa shape index (κ1) is 8.73. The van der Waals surface area contributed by atoms with Crippen LogP contribution in [-0.2, 0) is 14.3 Å². The molecule has 2 bridgehead atoms. The highest BCUT2D eigenvalue weighted by atomic mass is 16.6. The zero-order chi connectivity index (χ0) is 9.47. The molecule has 3 rings (SSSR count). The van der Waals surface area contributed by atoms with Crippen molar-refractivity contribution in [3.05, 3.63) is 0 Å². The van der Waals surface area contributed by atoms with Crippen LogP contribution in [0.15, 0.2) is 0 Å². The molecule has 0 spiro atoms. The van der Waals surface area contributed by atoms with E-state index in [-0.39, 0.29) is 23.3 Å². The van der Waals surface area contributed by atoms with E-state index < -0.39 is 0 Å². The Morgan fingerprint density at radius 2 is 2.15 bits per heavy atom. The first-order valence-electron chi connectivity index (χ1n) is 4.84. The average molecular weight is 182 g/mol. The predicted molar refractivity (Wildman–Crippen MR) is 46.1 cm³/mol. The lowest BCUT2D eigenvalue weighted by molar-refractivity contribution is -0.177. The molecule has 1 aliphatic carbocycles. The Balaban J connectivity index is 2.21. The molecule has 72 valence electrons. The summed E-state index contributed by atoms with van der Waals surface area (Å²) < 4.78 is 5.33. The molecule has 2 saturated heterocycles. The smallest absolute Gasteiger partial charge is 0.309 e. The average Bonchev–Trinajstić information content (AvgIpc) is 2.05. The number of rotatable bonds is 0. The molecule has 2 aliphatic heterocycles. The van der Waals surface area contributed by atoms with Crippen molar-refractivity contribution in [2.24, 2.45) is 5.92 Å². The largest absolute Gasteiger partial charge is 0.459 e. The Kier molecular flexibility index (Phi) is 1.90. The lowest BCUT2D eigenvalue weighted by Crippen LogP contribution is -2.43. The van der Waals surface area contributed by atoms with Gasteiger partial charge in [-0.25, -0.2) is 0 Å². The topological polar surface area (TPSA) is 43.4 Å². The van der Waals surface area contributed by atoms with Gasteiger partial charge < -0.3 is 4.74 Å². The minimum absolute atomic E-state index is 0.152. The molecule has 0 aromatic carbocycles. The molecule has 3 aliphatic rings. The third kappa shape index (κ3) is 1.60. The maximum Gasteiger partial charge on any atom is 0.309 e. The summed E-state index contributed by atoms with van der Waals surface area (Å²) in [7, 11) is 0. The van der Waals surface area contributed by atoms with Crippen molar-refractivity contribution in [1.82, 2.24) is 0 Å². The van der Waals surface area contributed by atoms with Gasteiger partial charge in [0.15, 0.2) is 0 Å². The van der Waals surface area contributed by atoms with Crippen LogP contribution < -0.4 is 0 Å². The van der Waals surface area contributed by atoms with E-state index in [1.165, 1.54) is 0 Å². The Morgan fingerprint density at radius 1 is 1.38 bits per heavy atom. The Labute approximate surface area is 77.4 Å². The van der Waals surface area contributed by atoms with Gasteiger partial charge in [-0.3, -0.25) is 9.59 Å². The maximum absolute atomic E-state index is 11.4. The molecule has 2 heterocycles. The minimum Gasteiger partial charge on any atom is -0.459 e. The van der Waals surface area contributed by atoms with Gasteiger partial charge in [0.25, 0.3) is 0 Å². The highest BCUT2D eigenvalue weighted by Gasteiger charge is 2.41. The zero-order valence-electron chi connectivity index (χ0n) is 7.84. The second kappa shape index (κ2) is 2.82. The van der Waals surface area contributed by atoms with E-state index in [4.69, 9.17) is 4.74 Å². The molecule has 1 saturated carbocycles. The third-order valence-corrected chi connectivity index (χ3v) is 3.11. The fourth-order valence-corrected chi connectivity index (χ4v) is 2.12. The molecule has 2 unspecified atom stereocenters. The van der Waals surface area contributed by atoms with Crippen LogP contribution in [0.25, 0.3) is 0 Å². The van der Waals surface area contributed by atoms with Gasteiger partial charge in [-0.2, -0.15) is 0 Å². The molecular weight excluding hydrogens is 168 g/mol. The summed E-state index contributed by atoms with van der Waals surface area (Å²) >= 11 is 0. The number of hydrogen-bond acceptors (Lipinski definition) is 3. The van der Waals surface area contributed by atoms with Crippen molar-refractivity contribution in [2.45, 2.75) is 44.6 Å². The monoisotopic (exact) mass is 182 g/mol. The molecule has 3 fully saturated rings. The highest BCUT2D eigenvalue weighted by Crippen LogP contribution is 2.36. The number of esters is 1. The van der Waals surface area contributed by atoms with Crippen molar-refractivity contribution in [1.29, 1.82) is 0 Å². The summed E-state index contributed by atoms with van der Waals surface area (Å²) in [6.45, 7) is 1.93. The number of carbonyl (C=O) groups is 2. The number of ether oxygens (including phenoxy) is 1. The van der Waals surface area contributed by atoms with Crippen LogP contribution in [0.5, 0.6) is 0 Å².